The van der Waals surface area contributed by atoms with E-state index in [2.05, 4.69) is 15.3 Å². The van der Waals surface area contributed by atoms with E-state index < -0.39 is 0 Å². The third kappa shape index (κ3) is 2.90. The summed E-state index contributed by atoms with van der Waals surface area (Å²) in [6.07, 6.45) is 5.23. The molecular weight excluding hydrogens is 280 g/mol. The average Bonchev–Trinajstić information content (AvgIpc) is 2.94. The number of carbonyl (C=O) groups is 1. The minimum atomic E-state index is -0.326. The molecule has 0 bridgehead atoms. The molecule has 0 unspecified atom stereocenters. The van der Waals surface area contributed by atoms with Crippen LogP contribution in [-0.4, -0.2) is 33.7 Å². The summed E-state index contributed by atoms with van der Waals surface area (Å²) in [5.41, 5.74) is 1.58. The lowest BCUT2D eigenvalue weighted by molar-refractivity contribution is 0.0523. The Bertz CT molecular complexity index is 783. The van der Waals surface area contributed by atoms with Crippen LogP contribution >= 0.6 is 0 Å². The number of hydrogen-bond acceptors (Lipinski definition) is 5. The van der Waals surface area contributed by atoms with Crippen LogP contribution in [0.1, 0.15) is 10.4 Å². The first kappa shape index (κ1) is 14.1. The highest BCUT2D eigenvalue weighted by Crippen LogP contribution is 2.20. The van der Waals surface area contributed by atoms with Crippen molar-refractivity contribution in [1.82, 2.24) is 14.5 Å². The van der Waals surface area contributed by atoms with Gasteiger partial charge < -0.3 is 14.6 Å². The molecule has 3 aromatic rings. The van der Waals surface area contributed by atoms with Crippen LogP contribution in [0.5, 0.6) is 0 Å². The standard InChI is InChI=1S/C16H16N4O2/c1-20-10-6-12-13(4-2-5-14(12)20)15(21)22-11-9-19-16-17-7-3-8-18-16/h2-8,10H,9,11H2,1H3,(H,17,18,19). The largest absolute Gasteiger partial charge is 0.460 e. The van der Waals surface area contributed by atoms with Crippen molar-refractivity contribution in [2.75, 3.05) is 18.5 Å². The predicted octanol–water partition coefficient (Wildman–Crippen LogP) is 2.24. The number of rotatable bonds is 5. The van der Waals surface area contributed by atoms with E-state index >= 15 is 0 Å². The molecular formula is C16H16N4O2. The van der Waals surface area contributed by atoms with Crippen molar-refractivity contribution < 1.29 is 9.53 Å². The van der Waals surface area contributed by atoms with Gasteiger partial charge in [-0.25, -0.2) is 14.8 Å². The van der Waals surface area contributed by atoms with Crippen LogP contribution in [0, 0.1) is 0 Å². The molecule has 0 amide bonds. The zero-order valence-corrected chi connectivity index (χ0v) is 12.2. The summed E-state index contributed by atoms with van der Waals surface area (Å²) >= 11 is 0. The van der Waals surface area contributed by atoms with E-state index in [1.54, 1.807) is 24.5 Å². The Kier molecular flexibility index (Phi) is 4.00. The summed E-state index contributed by atoms with van der Waals surface area (Å²) in [4.78, 5) is 20.3. The van der Waals surface area contributed by atoms with E-state index in [-0.39, 0.29) is 12.6 Å². The Hall–Kier alpha value is -2.89. The van der Waals surface area contributed by atoms with Gasteiger partial charge in [0.15, 0.2) is 0 Å². The molecule has 3 rings (SSSR count). The third-order valence-electron chi connectivity index (χ3n) is 3.33. The molecule has 0 atom stereocenters. The lowest BCUT2D eigenvalue weighted by Crippen LogP contribution is -2.15. The van der Waals surface area contributed by atoms with Gasteiger partial charge in [0.1, 0.15) is 6.61 Å². The van der Waals surface area contributed by atoms with Gasteiger partial charge in [-0.05, 0) is 24.3 Å². The van der Waals surface area contributed by atoms with Gasteiger partial charge in [-0.3, -0.25) is 0 Å². The highest BCUT2D eigenvalue weighted by atomic mass is 16.5. The smallest absolute Gasteiger partial charge is 0.338 e. The van der Waals surface area contributed by atoms with Crippen LogP contribution in [0.25, 0.3) is 10.9 Å². The van der Waals surface area contributed by atoms with Crippen molar-refractivity contribution in [1.29, 1.82) is 0 Å². The normalized spacial score (nSPS) is 10.6. The lowest BCUT2D eigenvalue weighted by Gasteiger charge is -2.07. The molecule has 6 nitrogen and oxygen atoms in total. The van der Waals surface area contributed by atoms with Crippen molar-refractivity contribution in [3.8, 4) is 0 Å². The monoisotopic (exact) mass is 296 g/mol. The van der Waals surface area contributed by atoms with Gasteiger partial charge in [0.2, 0.25) is 5.95 Å². The number of nitrogens with zero attached hydrogens (tertiary/aromatic N) is 3. The molecule has 2 heterocycles. The van der Waals surface area contributed by atoms with Crippen LogP contribution in [0.15, 0.2) is 48.9 Å². The molecule has 0 saturated heterocycles. The Balaban J connectivity index is 1.60. The molecule has 6 heteroatoms. The fraction of sp³-hybridized carbons (Fsp3) is 0.188. The van der Waals surface area contributed by atoms with Crippen molar-refractivity contribution in [3.63, 3.8) is 0 Å². The molecule has 0 aliphatic heterocycles. The fourth-order valence-electron chi connectivity index (χ4n) is 2.26. The number of carbonyl (C=O) groups excluding carboxylic acids is 1. The summed E-state index contributed by atoms with van der Waals surface area (Å²) in [5, 5.41) is 3.89. The number of benzene rings is 1. The zero-order chi connectivity index (χ0) is 15.4. The first-order valence-electron chi connectivity index (χ1n) is 6.98. The van der Waals surface area contributed by atoms with E-state index in [9.17, 15) is 4.79 Å². The van der Waals surface area contributed by atoms with Gasteiger partial charge in [-0.1, -0.05) is 6.07 Å². The number of anilines is 1. The lowest BCUT2D eigenvalue weighted by atomic mass is 10.1. The second-order valence-corrected chi connectivity index (χ2v) is 4.80. The molecule has 0 spiro atoms. The van der Waals surface area contributed by atoms with E-state index in [0.29, 0.717) is 18.1 Å². The van der Waals surface area contributed by atoms with E-state index in [1.807, 2.05) is 36.0 Å². The van der Waals surface area contributed by atoms with E-state index in [4.69, 9.17) is 4.74 Å². The second kappa shape index (κ2) is 6.26. The maximum absolute atomic E-state index is 12.2. The van der Waals surface area contributed by atoms with Crippen molar-refractivity contribution in [2.45, 2.75) is 0 Å². The summed E-state index contributed by atoms with van der Waals surface area (Å²) in [7, 11) is 1.95. The van der Waals surface area contributed by atoms with Crippen LogP contribution < -0.4 is 5.32 Å². The highest BCUT2D eigenvalue weighted by molar-refractivity contribution is 6.03. The molecule has 0 aliphatic carbocycles. The number of nitrogens with one attached hydrogen (secondary N) is 1. The molecule has 0 aliphatic rings. The van der Waals surface area contributed by atoms with Crippen molar-refractivity contribution in [3.05, 3.63) is 54.5 Å². The summed E-state index contributed by atoms with van der Waals surface area (Å²) in [6.45, 7) is 0.709. The number of ether oxygens (including phenoxy) is 1. The number of esters is 1. The van der Waals surface area contributed by atoms with Crippen LogP contribution in [-0.2, 0) is 11.8 Å². The van der Waals surface area contributed by atoms with Gasteiger partial charge in [-0.15, -0.1) is 0 Å². The molecule has 112 valence electrons. The number of aromatic nitrogens is 3. The Morgan fingerprint density at radius 2 is 2.05 bits per heavy atom. The topological polar surface area (TPSA) is 69.0 Å². The zero-order valence-electron chi connectivity index (χ0n) is 12.2. The van der Waals surface area contributed by atoms with E-state index in [0.717, 1.165) is 10.9 Å². The van der Waals surface area contributed by atoms with E-state index in [1.165, 1.54) is 0 Å². The molecule has 0 fully saturated rings. The van der Waals surface area contributed by atoms with Gasteiger partial charge in [0.05, 0.1) is 12.1 Å². The van der Waals surface area contributed by atoms with Gasteiger partial charge in [0, 0.05) is 36.5 Å². The SMILES string of the molecule is Cn1ccc2c(C(=O)OCCNc3ncccn3)cccc21. The Morgan fingerprint density at radius 3 is 2.86 bits per heavy atom. The quantitative estimate of drug-likeness (QED) is 0.577. The predicted molar refractivity (Wildman–Crippen MR) is 83.7 cm³/mol. The number of hydrogen-bond donors (Lipinski definition) is 1. The second-order valence-electron chi connectivity index (χ2n) is 4.80. The summed E-state index contributed by atoms with van der Waals surface area (Å²) < 4.78 is 7.27. The maximum Gasteiger partial charge on any atom is 0.338 e. The molecule has 22 heavy (non-hydrogen) atoms. The highest BCUT2D eigenvalue weighted by Gasteiger charge is 2.12. The Morgan fingerprint density at radius 1 is 1.23 bits per heavy atom. The van der Waals surface area contributed by atoms with Gasteiger partial charge in [-0.2, -0.15) is 0 Å². The van der Waals surface area contributed by atoms with Crippen molar-refractivity contribution in [2.24, 2.45) is 7.05 Å². The first-order chi connectivity index (χ1) is 10.8. The fourth-order valence-corrected chi connectivity index (χ4v) is 2.26. The maximum atomic E-state index is 12.2. The Labute approximate surface area is 127 Å². The number of fused-ring (bicyclic) bond motifs is 1. The van der Waals surface area contributed by atoms with Gasteiger partial charge >= 0.3 is 5.97 Å². The summed E-state index contributed by atoms with van der Waals surface area (Å²) in [5.74, 6) is 0.191. The van der Waals surface area contributed by atoms with Gasteiger partial charge in [0.25, 0.3) is 0 Å². The third-order valence-corrected chi connectivity index (χ3v) is 3.33. The average molecular weight is 296 g/mol. The minimum absolute atomic E-state index is 0.250. The van der Waals surface area contributed by atoms with Crippen molar-refractivity contribution >= 4 is 22.8 Å². The van der Waals surface area contributed by atoms with Crippen LogP contribution in [0.2, 0.25) is 0 Å². The molecule has 0 radical (unpaired) electrons. The molecule has 2 aromatic heterocycles. The number of aryl methyl sites for hydroxylation is 1. The van der Waals surface area contributed by atoms with Crippen LogP contribution in [0.3, 0.4) is 0 Å². The molecule has 1 aromatic carbocycles. The first-order valence-corrected chi connectivity index (χ1v) is 6.98. The van der Waals surface area contributed by atoms with Crippen LogP contribution in [0.4, 0.5) is 5.95 Å². The molecule has 0 saturated carbocycles. The molecule has 1 N–H and O–H groups in total. The summed E-state index contributed by atoms with van der Waals surface area (Å²) in [6, 6.07) is 9.27. The minimum Gasteiger partial charge on any atom is -0.460 e.